The van der Waals surface area contributed by atoms with E-state index in [-0.39, 0.29) is 5.91 Å². The van der Waals surface area contributed by atoms with Crippen LogP contribution in [0.15, 0.2) is 54.4 Å². The number of ether oxygens (including phenoxy) is 1. The fourth-order valence-corrected chi connectivity index (χ4v) is 3.91. The average molecular weight is 359 g/mol. The van der Waals surface area contributed by atoms with Gasteiger partial charge >= 0.3 is 0 Å². The second kappa shape index (κ2) is 6.67. The monoisotopic (exact) mass is 359 g/mol. The molecule has 1 N–H and O–H groups in total. The Morgan fingerprint density at radius 1 is 1.19 bits per heavy atom. The Morgan fingerprint density at radius 2 is 2.15 bits per heavy atom. The van der Waals surface area contributed by atoms with Gasteiger partial charge in [0, 0.05) is 30.0 Å². The smallest absolute Gasteiger partial charge is 0.233 e. The molecule has 0 bridgehead atoms. The van der Waals surface area contributed by atoms with E-state index in [2.05, 4.69) is 46.4 Å². The molecule has 5 heteroatoms. The Bertz CT molecular complexity index is 1050. The number of aromatic nitrogens is 2. The van der Waals surface area contributed by atoms with Gasteiger partial charge in [-0.1, -0.05) is 17.7 Å². The van der Waals surface area contributed by atoms with Crippen molar-refractivity contribution in [3.63, 3.8) is 0 Å². The summed E-state index contributed by atoms with van der Waals surface area (Å²) in [6.07, 6.45) is 8.23. The normalized spacial score (nSPS) is 16.7. The molecule has 5 rings (SSSR count). The third-order valence-electron chi connectivity index (χ3n) is 5.46. The van der Waals surface area contributed by atoms with Crippen LogP contribution in [0.1, 0.15) is 18.5 Å². The minimum Gasteiger partial charge on any atom is -0.377 e. The van der Waals surface area contributed by atoms with Crippen molar-refractivity contribution in [3.05, 3.63) is 60.1 Å². The quantitative estimate of drug-likeness (QED) is 0.720. The van der Waals surface area contributed by atoms with Gasteiger partial charge in [0.05, 0.1) is 31.0 Å². The predicted molar refractivity (Wildman–Crippen MR) is 106 cm³/mol. The number of carbonyl (C=O) groups excluding carboxylic acids is 1. The third-order valence-corrected chi connectivity index (χ3v) is 5.46. The van der Waals surface area contributed by atoms with Crippen LogP contribution in [0.5, 0.6) is 0 Å². The maximum atomic E-state index is 12.5. The highest BCUT2D eigenvalue weighted by Crippen LogP contribution is 2.33. The summed E-state index contributed by atoms with van der Waals surface area (Å²) in [5.74, 6) is 0.142. The predicted octanol–water partition coefficient (Wildman–Crippen LogP) is 3.86. The van der Waals surface area contributed by atoms with Crippen LogP contribution in [0, 0.1) is 0 Å². The van der Waals surface area contributed by atoms with Crippen molar-refractivity contribution in [1.82, 2.24) is 9.97 Å². The Morgan fingerprint density at radius 3 is 3.04 bits per heavy atom. The molecule has 0 aliphatic carbocycles. The third kappa shape index (κ3) is 3.04. The van der Waals surface area contributed by atoms with Gasteiger partial charge in [0.2, 0.25) is 5.91 Å². The van der Waals surface area contributed by atoms with Crippen LogP contribution in [0.4, 0.5) is 5.69 Å². The molecule has 1 amide bonds. The first kappa shape index (κ1) is 16.3. The Labute approximate surface area is 157 Å². The van der Waals surface area contributed by atoms with Gasteiger partial charge in [0.25, 0.3) is 0 Å². The first-order valence-corrected chi connectivity index (χ1v) is 9.40. The largest absolute Gasteiger partial charge is 0.377 e. The lowest BCUT2D eigenvalue weighted by Gasteiger charge is -2.20. The molecule has 0 fully saturated rings. The summed E-state index contributed by atoms with van der Waals surface area (Å²) in [7, 11) is 0. The van der Waals surface area contributed by atoms with Crippen LogP contribution in [0.3, 0.4) is 0 Å². The lowest BCUT2D eigenvalue weighted by molar-refractivity contribution is -0.117. The van der Waals surface area contributed by atoms with E-state index >= 15 is 0 Å². The molecule has 2 aliphatic rings. The van der Waals surface area contributed by atoms with E-state index in [0.29, 0.717) is 19.6 Å². The second-order valence-corrected chi connectivity index (χ2v) is 7.13. The number of fused-ring (bicyclic) bond motifs is 2. The van der Waals surface area contributed by atoms with Crippen molar-refractivity contribution in [1.29, 1.82) is 0 Å². The zero-order valence-electron chi connectivity index (χ0n) is 15.1. The Hall–Kier alpha value is -2.92. The van der Waals surface area contributed by atoms with Crippen LogP contribution in [0.2, 0.25) is 0 Å². The first-order chi connectivity index (χ1) is 13.3. The van der Waals surface area contributed by atoms with Gasteiger partial charge in [-0.25, -0.2) is 0 Å². The molecule has 0 saturated carbocycles. The number of benzene rings is 1. The molecule has 0 spiro atoms. The maximum absolute atomic E-state index is 12.5. The van der Waals surface area contributed by atoms with Crippen molar-refractivity contribution in [3.8, 4) is 11.1 Å². The van der Waals surface area contributed by atoms with Crippen LogP contribution >= 0.6 is 0 Å². The highest BCUT2D eigenvalue weighted by Gasteiger charge is 2.28. The summed E-state index contributed by atoms with van der Waals surface area (Å²) in [5.41, 5.74) is 6.50. The molecule has 5 nitrogen and oxygen atoms in total. The molecule has 0 unspecified atom stereocenters. The van der Waals surface area contributed by atoms with E-state index in [9.17, 15) is 4.79 Å². The van der Waals surface area contributed by atoms with E-state index in [4.69, 9.17) is 4.74 Å². The molecule has 0 saturated heterocycles. The number of carbonyl (C=O) groups is 1. The van der Waals surface area contributed by atoms with E-state index in [1.165, 1.54) is 11.0 Å². The number of nitrogens with one attached hydrogen (secondary N) is 1. The van der Waals surface area contributed by atoms with Gasteiger partial charge in [-0.15, -0.1) is 0 Å². The number of H-pyrrole nitrogens is 1. The van der Waals surface area contributed by atoms with Crippen molar-refractivity contribution in [2.24, 2.45) is 0 Å². The average Bonchev–Trinajstić information content (AvgIpc) is 3.29. The summed E-state index contributed by atoms with van der Waals surface area (Å²) in [6, 6.07) is 10.5. The zero-order chi connectivity index (χ0) is 18.2. The first-order valence-electron chi connectivity index (χ1n) is 9.40. The molecular formula is C22H21N3O2. The van der Waals surface area contributed by atoms with Gasteiger partial charge in [0.1, 0.15) is 0 Å². The molecule has 136 valence electrons. The molecule has 2 aromatic heterocycles. The van der Waals surface area contributed by atoms with Gasteiger partial charge in [-0.3, -0.25) is 9.78 Å². The number of pyridine rings is 1. The number of anilines is 1. The number of hydrogen-bond donors (Lipinski definition) is 1. The minimum atomic E-state index is 0.142. The van der Waals surface area contributed by atoms with Crippen molar-refractivity contribution < 1.29 is 9.53 Å². The van der Waals surface area contributed by atoms with E-state index < -0.39 is 0 Å². The van der Waals surface area contributed by atoms with Gasteiger partial charge in [-0.05, 0) is 48.1 Å². The van der Waals surface area contributed by atoms with Crippen molar-refractivity contribution in [2.75, 3.05) is 24.7 Å². The zero-order valence-corrected chi connectivity index (χ0v) is 15.1. The standard InChI is InChI=1S/C22H21N3O2/c26-22-13-20-21(25(22)8-4-15-5-9-27-10-6-15)12-18(14-24-20)16-1-2-19-17(11-16)3-7-23-19/h1-3,5,7,11-12,14,23H,4,6,8-10,13H2. The van der Waals surface area contributed by atoms with Crippen LogP contribution in [-0.4, -0.2) is 35.6 Å². The minimum absolute atomic E-state index is 0.142. The fourth-order valence-electron chi connectivity index (χ4n) is 3.91. The molecule has 3 aromatic rings. The number of hydrogen-bond acceptors (Lipinski definition) is 3. The lowest BCUT2D eigenvalue weighted by Crippen LogP contribution is -2.28. The Balaban J connectivity index is 1.43. The molecule has 27 heavy (non-hydrogen) atoms. The molecular weight excluding hydrogens is 338 g/mol. The molecule has 0 atom stereocenters. The highest BCUT2D eigenvalue weighted by molar-refractivity contribution is 6.01. The fraction of sp³-hybridized carbons (Fsp3) is 0.273. The number of aromatic amines is 1. The summed E-state index contributed by atoms with van der Waals surface area (Å²) in [4.78, 5) is 22.2. The lowest BCUT2D eigenvalue weighted by atomic mass is 10.0. The number of nitrogens with zero attached hydrogens (tertiary/aromatic N) is 2. The van der Waals surface area contributed by atoms with Crippen LogP contribution < -0.4 is 4.90 Å². The molecule has 0 radical (unpaired) electrons. The maximum Gasteiger partial charge on any atom is 0.233 e. The van der Waals surface area contributed by atoms with Gasteiger partial charge < -0.3 is 14.6 Å². The van der Waals surface area contributed by atoms with E-state index in [1.807, 2.05) is 17.3 Å². The second-order valence-electron chi connectivity index (χ2n) is 7.13. The van der Waals surface area contributed by atoms with Crippen LogP contribution in [0.25, 0.3) is 22.0 Å². The highest BCUT2D eigenvalue weighted by atomic mass is 16.5. The summed E-state index contributed by atoms with van der Waals surface area (Å²) < 4.78 is 5.37. The van der Waals surface area contributed by atoms with Crippen molar-refractivity contribution in [2.45, 2.75) is 19.3 Å². The summed E-state index contributed by atoms with van der Waals surface area (Å²) >= 11 is 0. The Kier molecular flexibility index (Phi) is 4.02. The molecule has 1 aromatic carbocycles. The van der Waals surface area contributed by atoms with Gasteiger partial charge in [-0.2, -0.15) is 0 Å². The molecule has 2 aliphatic heterocycles. The van der Waals surface area contributed by atoms with Crippen LogP contribution in [-0.2, 0) is 16.0 Å². The molecule has 4 heterocycles. The summed E-state index contributed by atoms with van der Waals surface area (Å²) in [5, 5.41) is 1.17. The number of amides is 1. The SMILES string of the molecule is O=C1Cc2ncc(-c3ccc4[nH]ccc4c3)cc2N1CCC1=CCOCC1. The van der Waals surface area contributed by atoms with Crippen molar-refractivity contribution >= 4 is 22.5 Å². The van der Waals surface area contributed by atoms with E-state index in [1.54, 1.807) is 0 Å². The number of rotatable bonds is 4. The summed E-state index contributed by atoms with van der Waals surface area (Å²) in [6.45, 7) is 2.18. The van der Waals surface area contributed by atoms with E-state index in [0.717, 1.165) is 47.5 Å². The topological polar surface area (TPSA) is 58.2 Å². The van der Waals surface area contributed by atoms with Gasteiger partial charge in [0.15, 0.2) is 0 Å².